The van der Waals surface area contributed by atoms with Crippen molar-refractivity contribution < 1.29 is 9.47 Å². The van der Waals surface area contributed by atoms with Crippen LogP contribution in [0.1, 0.15) is 219 Å². The van der Waals surface area contributed by atoms with Gasteiger partial charge in [-0.1, -0.05) is 243 Å². The van der Waals surface area contributed by atoms with Crippen LogP contribution < -0.4 is 9.47 Å². The van der Waals surface area contributed by atoms with Crippen molar-refractivity contribution in [1.82, 2.24) is 8.75 Å². The van der Waals surface area contributed by atoms with E-state index < -0.39 is 0 Å². The quantitative estimate of drug-likeness (QED) is 0.0422. The van der Waals surface area contributed by atoms with Crippen LogP contribution in [0.3, 0.4) is 0 Å². The van der Waals surface area contributed by atoms with Gasteiger partial charge in [0.1, 0.15) is 22.5 Å². The number of ether oxygens (including phenoxy) is 2. The van der Waals surface area contributed by atoms with E-state index in [1.807, 2.05) is 0 Å². The van der Waals surface area contributed by atoms with Crippen molar-refractivity contribution in [2.75, 3.05) is 13.2 Å². The molecule has 0 N–H and O–H groups in total. The summed E-state index contributed by atoms with van der Waals surface area (Å²) in [6.45, 7) is 6.17. The molecule has 0 aliphatic heterocycles. The van der Waals surface area contributed by atoms with E-state index in [0.717, 1.165) is 70.8 Å². The van der Waals surface area contributed by atoms with E-state index in [1.54, 1.807) is 0 Å². The highest BCUT2D eigenvalue weighted by Gasteiger charge is 2.14. The number of aromatic nitrogens is 2. The Bertz CT molecular complexity index is 1450. The number of benzene rings is 3. The van der Waals surface area contributed by atoms with E-state index in [2.05, 4.69) is 74.5 Å². The predicted octanol–water partition coefficient (Wildman–Crippen LogP) is 18.3. The highest BCUT2D eigenvalue weighted by molar-refractivity contribution is 7.00. The molecule has 0 fully saturated rings. The number of unbranched alkanes of at least 4 members (excludes halogenated alkanes) is 30. The molecule has 0 amide bonds. The van der Waals surface area contributed by atoms with Gasteiger partial charge in [-0.05, 0) is 48.2 Å². The minimum atomic E-state index is 0.788. The van der Waals surface area contributed by atoms with Crippen LogP contribution in [0.15, 0.2) is 60.7 Å². The van der Waals surface area contributed by atoms with Gasteiger partial charge in [-0.2, -0.15) is 8.75 Å². The van der Waals surface area contributed by atoms with Crippen molar-refractivity contribution in [1.29, 1.82) is 0 Å². The van der Waals surface area contributed by atoms with Crippen LogP contribution in [0.5, 0.6) is 11.5 Å². The molecule has 0 radical (unpaired) electrons. The van der Waals surface area contributed by atoms with Crippen LogP contribution in [-0.4, -0.2) is 22.0 Å². The molecule has 1 heterocycles. The van der Waals surface area contributed by atoms with Gasteiger partial charge in [-0.15, -0.1) is 0 Å². The lowest BCUT2D eigenvalue weighted by molar-refractivity contribution is 0.304. The van der Waals surface area contributed by atoms with Crippen molar-refractivity contribution in [2.24, 2.45) is 0 Å². The Labute approximate surface area is 366 Å². The first-order valence-electron chi connectivity index (χ1n) is 25.0. The van der Waals surface area contributed by atoms with Crippen LogP contribution >= 0.6 is 11.7 Å². The zero-order chi connectivity index (χ0) is 41.3. The van der Waals surface area contributed by atoms with Crippen LogP contribution in [0, 0.1) is 0 Å². The number of hydrogen-bond donors (Lipinski definition) is 0. The lowest BCUT2D eigenvalue weighted by Crippen LogP contribution is -1.97. The summed E-state index contributed by atoms with van der Waals surface area (Å²) in [7, 11) is 0. The molecule has 0 saturated heterocycles. The summed E-state index contributed by atoms with van der Waals surface area (Å²) < 4.78 is 21.7. The molecule has 0 spiro atoms. The third-order valence-corrected chi connectivity index (χ3v) is 12.8. The van der Waals surface area contributed by atoms with Gasteiger partial charge in [0.25, 0.3) is 0 Å². The average Bonchev–Trinajstić information content (AvgIpc) is 3.77. The van der Waals surface area contributed by atoms with E-state index in [-0.39, 0.29) is 0 Å². The van der Waals surface area contributed by atoms with Gasteiger partial charge < -0.3 is 9.47 Å². The van der Waals surface area contributed by atoms with Crippen LogP contribution in [-0.2, 0) is 0 Å². The first-order valence-corrected chi connectivity index (χ1v) is 25.7. The summed E-state index contributed by atoms with van der Waals surface area (Å²) in [6.07, 6.45) is 44.3. The molecular weight excluding hydrogens is 741 g/mol. The monoisotopic (exact) mass is 825 g/mol. The maximum absolute atomic E-state index is 6.12. The summed E-state index contributed by atoms with van der Waals surface area (Å²) in [5, 5.41) is 0. The fraction of sp³-hybridized carbons (Fsp3) is 0.667. The molecule has 0 saturated carbocycles. The SMILES string of the molecule is CCCCCCCCCCCCCCCCCCOc1ccc(-c2ccc(-c3ccc(OCCCCCCCCCCCCCCCCCC)cc3)c3nsnc23)cc1. The Kier molecular flexibility index (Phi) is 27.1. The first kappa shape index (κ1) is 48.7. The van der Waals surface area contributed by atoms with E-state index in [4.69, 9.17) is 18.2 Å². The fourth-order valence-electron chi connectivity index (χ4n) is 8.47. The maximum Gasteiger partial charge on any atom is 0.119 e. The summed E-state index contributed by atoms with van der Waals surface area (Å²) >= 11 is 1.28. The van der Waals surface area contributed by atoms with E-state index in [0.29, 0.717) is 0 Å². The van der Waals surface area contributed by atoms with E-state index in [1.165, 1.54) is 204 Å². The third-order valence-electron chi connectivity index (χ3n) is 12.3. The number of hydrogen-bond acceptors (Lipinski definition) is 5. The summed E-state index contributed by atoms with van der Waals surface area (Å²) in [4.78, 5) is 0. The second-order valence-electron chi connectivity index (χ2n) is 17.5. The standard InChI is InChI=1S/C54H84N2O2S/c1-3-5-7-9-11-13-15-17-19-21-23-25-27-29-31-33-45-57-49-39-35-47(36-40-49)51-43-44-52(54-53(51)55-59-56-54)48-37-41-50(42-38-48)58-46-34-32-30-28-26-24-22-20-18-16-14-12-10-8-6-4-2/h35-44H,3-34,45-46H2,1-2H3. The zero-order valence-electron chi connectivity index (χ0n) is 37.9. The lowest BCUT2D eigenvalue weighted by Gasteiger charge is -2.10. The molecule has 4 rings (SSSR count). The molecule has 5 heteroatoms. The van der Waals surface area contributed by atoms with Gasteiger partial charge >= 0.3 is 0 Å². The predicted molar refractivity (Wildman–Crippen MR) is 258 cm³/mol. The Morgan fingerprint density at radius 2 is 0.576 bits per heavy atom. The minimum absolute atomic E-state index is 0.788. The highest BCUT2D eigenvalue weighted by Crippen LogP contribution is 2.35. The van der Waals surface area contributed by atoms with Gasteiger partial charge in [-0.3, -0.25) is 0 Å². The number of fused-ring (bicyclic) bond motifs is 1. The lowest BCUT2D eigenvalue weighted by atomic mass is 9.98. The minimum Gasteiger partial charge on any atom is -0.494 e. The van der Waals surface area contributed by atoms with Gasteiger partial charge in [0, 0.05) is 11.1 Å². The summed E-state index contributed by atoms with van der Waals surface area (Å²) in [6, 6.07) is 21.4. The third kappa shape index (κ3) is 20.9. The second kappa shape index (κ2) is 32.8. The molecule has 0 bridgehead atoms. The molecular formula is C54H84N2O2S. The second-order valence-corrected chi connectivity index (χ2v) is 18.0. The van der Waals surface area contributed by atoms with Gasteiger partial charge in [0.05, 0.1) is 24.9 Å². The largest absolute Gasteiger partial charge is 0.494 e. The molecule has 0 unspecified atom stereocenters. The fourth-order valence-corrected chi connectivity index (χ4v) is 9.05. The number of nitrogens with zero attached hydrogens (tertiary/aromatic N) is 2. The van der Waals surface area contributed by atoms with Crippen molar-refractivity contribution in [2.45, 2.75) is 219 Å². The van der Waals surface area contributed by atoms with Crippen LogP contribution in [0.2, 0.25) is 0 Å². The maximum atomic E-state index is 6.12. The summed E-state index contributed by atoms with van der Waals surface area (Å²) in [5.41, 5.74) is 6.42. The van der Waals surface area contributed by atoms with Crippen molar-refractivity contribution in [3.05, 3.63) is 60.7 Å². The van der Waals surface area contributed by atoms with E-state index >= 15 is 0 Å². The smallest absolute Gasteiger partial charge is 0.119 e. The van der Waals surface area contributed by atoms with Crippen LogP contribution in [0.25, 0.3) is 33.3 Å². The first-order chi connectivity index (χ1) is 29.3. The molecule has 0 aliphatic rings. The van der Waals surface area contributed by atoms with Gasteiger partial charge in [-0.25, -0.2) is 0 Å². The Morgan fingerprint density at radius 1 is 0.322 bits per heavy atom. The molecule has 4 aromatic rings. The average molecular weight is 825 g/mol. The van der Waals surface area contributed by atoms with Gasteiger partial charge in [0.15, 0.2) is 0 Å². The van der Waals surface area contributed by atoms with Gasteiger partial charge in [0.2, 0.25) is 0 Å². The summed E-state index contributed by atoms with van der Waals surface area (Å²) in [5.74, 6) is 1.88. The molecule has 0 aliphatic carbocycles. The van der Waals surface area contributed by atoms with Crippen LogP contribution in [0.4, 0.5) is 0 Å². The molecule has 0 atom stereocenters. The molecule has 59 heavy (non-hydrogen) atoms. The van der Waals surface area contributed by atoms with Crippen molar-refractivity contribution >= 4 is 22.8 Å². The van der Waals surface area contributed by atoms with Crippen molar-refractivity contribution in [3.63, 3.8) is 0 Å². The topological polar surface area (TPSA) is 44.2 Å². The molecule has 1 aromatic heterocycles. The Balaban J connectivity index is 1.03. The van der Waals surface area contributed by atoms with E-state index in [9.17, 15) is 0 Å². The normalized spacial score (nSPS) is 11.5. The number of rotatable bonds is 38. The molecule has 4 nitrogen and oxygen atoms in total. The highest BCUT2D eigenvalue weighted by atomic mass is 32.1. The zero-order valence-corrected chi connectivity index (χ0v) is 38.8. The van der Waals surface area contributed by atoms with Crippen molar-refractivity contribution in [3.8, 4) is 33.8 Å². The Hall–Kier alpha value is -2.92. The Morgan fingerprint density at radius 3 is 0.847 bits per heavy atom. The molecule has 328 valence electrons. The molecule has 3 aromatic carbocycles.